The summed E-state index contributed by atoms with van der Waals surface area (Å²) in [6.45, 7) is 14.8. The first-order valence-corrected chi connectivity index (χ1v) is 8.00. The number of benzene rings is 1. The van der Waals surface area contributed by atoms with Crippen LogP contribution in [-0.4, -0.2) is 29.2 Å². The van der Waals surface area contributed by atoms with Gasteiger partial charge in [0.1, 0.15) is 5.75 Å². The lowest BCUT2D eigenvalue weighted by Crippen LogP contribution is -2.53. The maximum atomic E-state index is 12.4. The van der Waals surface area contributed by atoms with E-state index < -0.39 is 0 Å². The summed E-state index contributed by atoms with van der Waals surface area (Å²) in [5, 5.41) is 2.92. The van der Waals surface area contributed by atoms with Crippen molar-refractivity contribution in [1.29, 1.82) is 0 Å². The quantitative estimate of drug-likeness (QED) is 0.821. The Morgan fingerprint density at radius 2 is 1.82 bits per heavy atom. The molecular formula is C18H30N2O2. The fraction of sp³-hybridized carbons (Fsp3) is 0.611. The van der Waals surface area contributed by atoms with Gasteiger partial charge in [-0.3, -0.25) is 0 Å². The van der Waals surface area contributed by atoms with Crippen LogP contribution in [-0.2, 0) is 0 Å². The van der Waals surface area contributed by atoms with Gasteiger partial charge in [0.05, 0.1) is 0 Å². The van der Waals surface area contributed by atoms with Gasteiger partial charge in [-0.2, -0.15) is 0 Å². The van der Waals surface area contributed by atoms with E-state index in [1.807, 2.05) is 52.8 Å². The van der Waals surface area contributed by atoms with Crippen LogP contribution >= 0.6 is 0 Å². The molecule has 1 unspecified atom stereocenters. The van der Waals surface area contributed by atoms with Gasteiger partial charge >= 0.3 is 6.03 Å². The molecule has 0 heterocycles. The summed E-state index contributed by atoms with van der Waals surface area (Å²) in [5.74, 6) is 1.20. The Labute approximate surface area is 134 Å². The first kappa shape index (κ1) is 18.3. The van der Waals surface area contributed by atoms with Crippen molar-refractivity contribution < 1.29 is 9.53 Å². The number of hydrogen-bond acceptors (Lipinski definition) is 2. The second-order valence-corrected chi connectivity index (χ2v) is 6.82. The highest BCUT2D eigenvalue weighted by atomic mass is 16.5. The van der Waals surface area contributed by atoms with E-state index in [1.165, 1.54) is 0 Å². The van der Waals surface area contributed by atoms with Gasteiger partial charge in [-0.05, 0) is 52.2 Å². The van der Waals surface area contributed by atoms with E-state index in [-0.39, 0.29) is 17.8 Å². The van der Waals surface area contributed by atoms with Gasteiger partial charge in [-0.1, -0.05) is 32.0 Å². The van der Waals surface area contributed by atoms with E-state index in [9.17, 15) is 4.79 Å². The smallest absolute Gasteiger partial charge is 0.320 e. The van der Waals surface area contributed by atoms with Crippen LogP contribution in [0.1, 0.15) is 59.9 Å². The fourth-order valence-corrected chi connectivity index (χ4v) is 2.46. The molecule has 0 aliphatic carbocycles. The minimum Gasteiger partial charge on any atom is -0.471 e. The zero-order valence-electron chi connectivity index (χ0n) is 14.9. The van der Waals surface area contributed by atoms with Crippen molar-refractivity contribution in [3.05, 3.63) is 29.8 Å². The van der Waals surface area contributed by atoms with Gasteiger partial charge < -0.3 is 15.0 Å². The van der Waals surface area contributed by atoms with Crippen LogP contribution in [0.25, 0.3) is 0 Å². The average Bonchev–Trinajstić information content (AvgIpc) is 2.37. The third-order valence-corrected chi connectivity index (χ3v) is 3.54. The molecule has 4 nitrogen and oxygen atoms in total. The molecule has 0 fully saturated rings. The highest BCUT2D eigenvalue weighted by Crippen LogP contribution is 2.26. The number of nitrogens with zero attached hydrogens (tertiary/aromatic N) is 1. The monoisotopic (exact) mass is 306 g/mol. The summed E-state index contributed by atoms with van der Waals surface area (Å²) in [4.78, 5) is 14.2. The molecule has 124 valence electrons. The van der Waals surface area contributed by atoms with Gasteiger partial charge in [0.2, 0.25) is 0 Å². The predicted octanol–water partition coefficient (Wildman–Crippen LogP) is 4.36. The lowest BCUT2D eigenvalue weighted by molar-refractivity contribution is 0.123. The van der Waals surface area contributed by atoms with Crippen LogP contribution in [0.5, 0.6) is 5.75 Å². The molecule has 0 aromatic heterocycles. The fourth-order valence-electron chi connectivity index (χ4n) is 2.46. The Morgan fingerprint density at radius 1 is 1.23 bits per heavy atom. The normalized spacial score (nSPS) is 12.9. The van der Waals surface area contributed by atoms with Crippen LogP contribution in [0, 0.1) is 0 Å². The lowest BCUT2D eigenvalue weighted by Gasteiger charge is -2.35. The van der Waals surface area contributed by atoms with E-state index in [2.05, 4.69) is 25.2 Å². The topological polar surface area (TPSA) is 41.6 Å². The van der Waals surface area contributed by atoms with Crippen molar-refractivity contribution in [3.63, 3.8) is 0 Å². The molecule has 22 heavy (non-hydrogen) atoms. The van der Waals surface area contributed by atoms with E-state index >= 15 is 0 Å². The first-order valence-electron chi connectivity index (χ1n) is 8.00. The van der Waals surface area contributed by atoms with Crippen molar-refractivity contribution in [2.24, 2.45) is 0 Å². The zero-order valence-corrected chi connectivity index (χ0v) is 14.9. The SMILES string of the molecule is CCN(C(=O)NC(C)Oc1ccccc1C(C)C)C(C)(C)C. The van der Waals surface area contributed by atoms with Crippen molar-refractivity contribution in [2.75, 3.05) is 6.54 Å². The third kappa shape index (κ3) is 4.93. The molecule has 0 saturated carbocycles. The second-order valence-electron chi connectivity index (χ2n) is 6.82. The Morgan fingerprint density at radius 3 is 2.32 bits per heavy atom. The number of carbonyl (C=O) groups is 1. The van der Waals surface area contributed by atoms with Crippen LogP contribution in [0.15, 0.2) is 24.3 Å². The molecule has 2 amide bonds. The van der Waals surface area contributed by atoms with E-state index in [1.54, 1.807) is 4.90 Å². The highest BCUT2D eigenvalue weighted by Gasteiger charge is 2.26. The van der Waals surface area contributed by atoms with Crippen LogP contribution in [0.2, 0.25) is 0 Å². The van der Waals surface area contributed by atoms with Crippen LogP contribution < -0.4 is 10.1 Å². The molecule has 0 spiro atoms. The van der Waals surface area contributed by atoms with Crippen molar-refractivity contribution in [1.82, 2.24) is 10.2 Å². The second kappa shape index (κ2) is 7.52. The summed E-state index contributed by atoms with van der Waals surface area (Å²) < 4.78 is 5.93. The molecule has 1 rings (SSSR count). The molecule has 4 heteroatoms. The molecule has 0 radical (unpaired) electrons. The molecule has 0 bridgehead atoms. The largest absolute Gasteiger partial charge is 0.471 e. The van der Waals surface area contributed by atoms with Gasteiger partial charge in [0.25, 0.3) is 0 Å². The third-order valence-electron chi connectivity index (χ3n) is 3.54. The summed E-state index contributed by atoms with van der Waals surface area (Å²) >= 11 is 0. The standard InChI is InChI=1S/C18H30N2O2/c1-8-20(18(5,6)7)17(21)19-14(4)22-16-12-10-9-11-15(16)13(2)3/h9-14H,8H2,1-7H3,(H,19,21). The number of para-hydroxylation sites is 1. The van der Waals surface area contributed by atoms with Crippen LogP contribution in [0.3, 0.4) is 0 Å². The van der Waals surface area contributed by atoms with E-state index in [0.29, 0.717) is 12.5 Å². The summed E-state index contributed by atoms with van der Waals surface area (Å²) in [7, 11) is 0. The van der Waals surface area contributed by atoms with Gasteiger partial charge in [0, 0.05) is 12.1 Å². The highest BCUT2D eigenvalue weighted by molar-refractivity contribution is 5.75. The maximum absolute atomic E-state index is 12.4. The number of ether oxygens (including phenoxy) is 1. The molecule has 0 saturated heterocycles. The molecule has 1 aromatic rings. The minimum absolute atomic E-state index is 0.107. The number of nitrogens with one attached hydrogen (secondary N) is 1. The molecule has 0 aliphatic heterocycles. The Balaban J connectivity index is 2.75. The van der Waals surface area contributed by atoms with Crippen molar-refractivity contribution in [2.45, 2.75) is 66.2 Å². The maximum Gasteiger partial charge on any atom is 0.320 e. The molecule has 1 atom stereocenters. The summed E-state index contributed by atoms with van der Waals surface area (Å²) in [6, 6.07) is 7.85. The summed E-state index contributed by atoms with van der Waals surface area (Å²) in [5.41, 5.74) is 0.931. The summed E-state index contributed by atoms with van der Waals surface area (Å²) in [6.07, 6.45) is -0.385. The number of carbonyl (C=O) groups excluding carboxylic acids is 1. The zero-order chi connectivity index (χ0) is 16.9. The van der Waals surface area contributed by atoms with E-state index in [0.717, 1.165) is 11.3 Å². The number of rotatable bonds is 5. The first-order chi connectivity index (χ1) is 10.2. The Kier molecular flexibility index (Phi) is 6.27. The minimum atomic E-state index is -0.385. The average molecular weight is 306 g/mol. The molecule has 0 aliphatic rings. The van der Waals surface area contributed by atoms with Gasteiger partial charge in [0.15, 0.2) is 6.23 Å². The van der Waals surface area contributed by atoms with Crippen molar-refractivity contribution >= 4 is 6.03 Å². The Bertz CT molecular complexity index is 492. The molecule has 1 N–H and O–H groups in total. The van der Waals surface area contributed by atoms with Gasteiger partial charge in [-0.25, -0.2) is 4.79 Å². The van der Waals surface area contributed by atoms with Crippen LogP contribution in [0.4, 0.5) is 4.79 Å². The lowest BCUT2D eigenvalue weighted by atomic mass is 10.0. The predicted molar refractivity (Wildman–Crippen MR) is 91.3 cm³/mol. The van der Waals surface area contributed by atoms with E-state index in [4.69, 9.17) is 4.74 Å². The number of urea groups is 1. The number of amides is 2. The van der Waals surface area contributed by atoms with Gasteiger partial charge in [-0.15, -0.1) is 0 Å². The Hall–Kier alpha value is -1.71. The molecular weight excluding hydrogens is 276 g/mol. The number of hydrogen-bond donors (Lipinski definition) is 1. The van der Waals surface area contributed by atoms with Crippen molar-refractivity contribution in [3.8, 4) is 5.75 Å². The molecule has 1 aromatic carbocycles.